The second kappa shape index (κ2) is 5.01. The molecule has 5 heteroatoms. The summed E-state index contributed by atoms with van der Waals surface area (Å²) in [6, 6.07) is 11.1. The van der Waals surface area contributed by atoms with Gasteiger partial charge >= 0.3 is 0 Å². The molecular weight excluding hydrogens is 274 g/mol. The minimum absolute atomic E-state index is 0.212. The van der Waals surface area contributed by atoms with Gasteiger partial charge in [-0.05, 0) is 36.2 Å². The van der Waals surface area contributed by atoms with Crippen molar-refractivity contribution in [1.82, 2.24) is 5.16 Å². The molecule has 1 aromatic heterocycles. The van der Waals surface area contributed by atoms with Crippen LogP contribution in [0.4, 0.5) is 14.6 Å². The summed E-state index contributed by atoms with van der Waals surface area (Å²) < 4.78 is 31.7. The van der Waals surface area contributed by atoms with Gasteiger partial charge < -0.3 is 10.3 Å². The zero-order chi connectivity index (χ0) is 15.0. The van der Waals surface area contributed by atoms with E-state index in [9.17, 15) is 8.78 Å². The Bertz CT molecular complexity index is 812. The van der Waals surface area contributed by atoms with E-state index in [0.29, 0.717) is 16.9 Å². The molecule has 2 aromatic carbocycles. The first kappa shape index (κ1) is 13.3. The minimum atomic E-state index is -0.946. The van der Waals surface area contributed by atoms with Crippen LogP contribution in [0.15, 0.2) is 47.0 Å². The molecule has 21 heavy (non-hydrogen) atoms. The zero-order valence-electron chi connectivity index (χ0n) is 11.2. The number of nitrogens with zero attached hydrogens (tertiary/aromatic N) is 1. The first-order valence-electron chi connectivity index (χ1n) is 6.34. The van der Waals surface area contributed by atoms with Crippen LogP contribution in [-0.2, 0) is 0 Å². The Labute approximate surface area is 120 Å². The van der Waals surface area contributed by atoms with Crippen molar-refractivity contribution in [3.8, 4) is 22.5 Å². The molecule has 106 valence electrons. The summed E-state index contributed by atoms with van der Waals surface area (Å²) in [7, 11) is 0. The third kappa shape index (κ3) is 2.27. The molecule has 0 amide bonds. The summed E-state index contributed by atoms with van der Waals surface area (Å²) >= 11 is 0. The normalized spacial score (nSPS) is 10.8. The second-order valence-corrected chi connectivity index (χ2v) is 4.72. The minimum Gasteiger partial charge on any atom is -0.380 e. The Morgan fingerprint density at radius 2 is 1.81 bits per heavy atom. The van der Waals surface area contributed by atoms with Crippen LogP contribution in [0.1, 0.15) is 5.56 Å². The SMILES string of the molecule is Cc1ccccc1-c1c(N)noc1-c1ccc(F)c(F)c1. The van der Waals surface area contributed by atoms with Crippen LogP contribution in [0.3, 0.4) is 0 Å². The van der Waals surface area contributed by atoms with Crippen molar-refractivity contribution in [2.75, 3.05) is 5.73 Å². The fourth-order valence-corrected chi connectivity index (χ4v) is 2.25. The lowest BCUT2D eigenvalue weighted by molar-refractivity contribution is 0.435. The van der Waals surface area contributed by atoms with Gasteiger partial charge in [-0.2, -0.15) is 0 Å². The lowest BCUT2D eigenvalue weighted by Gasteiger charge is -2.06. The first-order valence-corrected chi connectivity index (χ1v) is 6.34. The van der Waals surface area contributed by atoms with Crippen LogP contribution >= 0.6 is 0 Å². The molecule has 0 saturated heterocycles. The summed E-state index contributed by atoms with van der Waals surface area (Å²) in [5.41, 5.74) is 8.67. The molecule has 3 aromatic rings. The standard InChI is InChI=1S/C16H12F2N2O/c1-9-4-2-3-5-11(9)14-15(21-20-16(14)19)10-6-7-12(17)13(18)8-10/h2-8H,1H3,(H2,19,20). The molecule has 0 radical (unpaired) electrons. The predicted octanol–water partition coefficient (Wildman–Crippen LogP) is 4.18. The molecule has 0 spiro atoms. The van der Waals surface area contributed by atoms with E-state index in [-0.39, 0.29) is 5.82 Å². The number of halogens is 2. The van der Waals surface area contributed by atoms with Crippen molar-refractivity contribution in [2.45, 2.75) is 6.92 Å². The summed E-state index contributed by atoms with van der Waals surface area (Å²) in [4.78, 5) is 0. The van der Waals surface area contributed by atoms with E-state index in [4.69, 9.17) is 10.3 Å². The lowest BCUT2D eigenvalue weighted by atomic mass is 9.98. The zero-order valence-corrected chi connectivity index (χ0v) is 11.2. The molecule has 0 atom stereocenters. The number of rotatable bonds is 2. The Hall–Kier alpha value is -2.69. The maximum Gasteiger partial charge on any atom is 0.177 e. The van der Waals surface area contributed by atoms with E-state index in [1.807, 2.05) is 31.2 Å². The van der Waals surface area contributed by atoms with Gasteiger partial charge in [-0.1, -0.05) is 29.4 Å². The molecule has 0 unspecified atom stereocenters. The van der Waals surface area contributed by atoms with Crippen molar-refractivity contribution in [1.29, 1.82) is 0 Å². The highest BCUT2D eigenvalue weighted by Crippen LogP contribution is 2.38. The third-order valence-corrected chi connectivity index (χ3v) is 3.31. The van der Waals surface area contributed by atoms with Crippen molar-refractivity contribution in [2.24, 2.45) is 0 Å². The Morgan fingerprint density at radius 1 is 1.05 bits per heavy atom. The molecule has 3 rings (SSSR count). The Morgan fingerprint density at radius 3 is 2.52 bits per heavy atom. The van der Waals surface area contributed by atoms with Gasteiger partial charge in [0.15, 0.2) is 23.2 Å². The van der Waals surface area contributed by atoms with Gasteiger partial charge in [0.25, 0.3) is 0 Å². The fourth-order valence-electron chi connectivity index (χ4n) is 2.25. The fraction of sp³-hybridized carbons (Fsp3) is 0.0625. The number of hydrogen-bond acceptors (Lipinski definition) is 3. The summed E-state index contributed by atoms with van der Waals surface area (Å²) in [6.45, 7) is 1.93. The van der Waals surface area contributed by atoms with Crippen molar-refractivity contribution >= 4 is 5.82 Å². The van der Waals surface area contributed by atoms with Crippen LogP contribution in [-0.4, -0.2) is 5.16 Å². The highest BCUT2D eigenvalue weighted by molar-refractivity contribution is 5.87. The molecule has 0 fully saturated rings. The first-order chi connectivity index (χ1) is 10.1. The molecule has 2 N–H and O–H groups in total. The molecule has 0 aliphatic heterocycles. The monoisotopic (exact) mass is 286 g/mol. The summed E-state index contributed by atoms with van der Waals surface area (Å²) in [5.74, 6) is -1.33. The number of aryl methyl sites for hydroxylation is 1. The second-order valence-electron chi connectivity index (χ2n) is 4.72. The van der Waals surface area contributed by atoms with E-state index >= 15 is 0 Å². The van der Waals surface area contributed by atoms with Crippen LogP contribution in [0, 0.1) is 18.6 Å². The quantitative estimate of drug-likeness (QED) is 0.769. The van der Waals surface area contributed by atoms with Gasteiger partial charge in [0.1, 0.15) is 0 Å². The number of benzene rings is 2. The van der Waals surface area contributed by atoms with Crippen LogP contribution in [0.2, 0.25) is 0 Å². The van der Waals surface area contributed by atoms with E-state index in [1.54, 1.807) is 0 Å². The summed E-state index contributed by atoms with van der Waals surface area (Å²) in [6.07, 6.45) is 0. The number of hydrogen-bond donors (Lipinski definition) is 1. The van der Waals surface area contributed by atoms with E-state index in [1.165, 1.54) is 6.07 Å². The average molecular weight is 286 g/mol. The van der Waals surface area contributed by atoms with Gasteiger partial charge in [0, 0.05) is 5.56 Å². The van der Waals surface area contributed by atoms with E-state index in [0.717, 1.165) is 23.3 Å². The van der Waals surface area contributed by atoms with Gasteiger partial charge in [-0.3, -0.25) is 0 Å². The van der Waals surface area contributed by atoms with Gasteiger partial charge in [0.05, 0.1) is 5.56 Å². The topological polar surface area (TPSA) is 52.0 Å². The predicted molar refractivity (Wildman–Crippen MR) is 76.4 cm³/mol. The molecular formula is C16H12F2N2O. The maximum atomic E-state index is 13.4. The molecule has 0 saturated carbocycles. The third-order valence-electron chi connectivity index (χ3n) is 3.31. The van der Waals surface area contributed by atoms with Gasteiger partial charge in [-0.15, -0.1) is 0 Å². The highest BCUT2D eigenvalue weighted by Gasteiger charge is 2.19. The van der Waals surface area contributed by atoms with E-state index < -0.39 is 11.6 Å². The Balaban J connectivity index is 2.22. The highest BCUT2D eigenvalue weighted by atomic mass is 19.2. The van der Waals surface area contributed by atoms with Crippen LogP contribution < -0.4 is 5.73 Å². The van der Waals surface area contributed by atoms with Crippen molar-refractivity contribution in [3.05, 3.63) is 59.7 Å². The van der Waals surface area contributed by atoms with Crippen molar-refractivity contribution in [3.63, 3.8) is 0 Å². The maximum absolute atomic E-state index is 13.4. The molecule has 1 heterocycles. The number of anilines is 1. The van der Waals surface area contributed by atoms with Gasteiger partial charge in [0.2, 0.25) is 0 Å². The molecule has 0 bridgehead atoms. The summed E-state index contributed by atoms with van der Waals surface area (Å²) in [5, 5.41) is 3.75. The van der Waals surface area contributed by atoms with Gasteiger partial charge in [-0.25, -0.2) is 8.78 Å². The lowest BCUT2D eigenvalue weighted by Crippen LogP contribution is -1.91. The molecule has 0 aliphatic carbocycles. The largest absolute Gasteiger partial charge is 0.380 e. The molecule has 0 aliphatic rings. The van der Waals surface area contributed by atoms with Crippen LogP contribution in [0.5, 0.6) is 0 Å². The smallest absolute Gasteiger partial charge is 0.177 e. The number of aromatic nitrogens is 1. The van der Waals surface area contributed by atoms with E-state index in [2.05, 4.69) is 5.16 Å². The van der Waals surface area contributed by atoms with Crippen molar-refractivity contribution < 1.29 is 13.3 Å². The Kier molecular flexibility index (Phi) is 3.17. The number of nitrogens with two attached hydrogens (primary N) is 1. The number of nitrogen functional groups attached to an aromatic ring is 1. The average Bonchev–Trinajstić information content (AvgIpc) is 2.84. The van der Waals surface area contributed by atoms with Crippen LogP contribution in [0.25, 0.3) is 22.5 Å². The molecule has 3 nitrogen and oxygen atoms in total.